The van der Waals surface area contributed by atoms with Crippen LogP contribution in [-0.4, -0.2) is 80.8 Å². The van der Waals surface area contributed by atoms with Gasteiger partial charge in [-0.25, -0.2) is 0 Å². The summed E-state index contributed by atoms with van der Waals surface area (Å²) >= 11 is 0. The van der Waals surface area contributed by atoms with Crippen molar-refractivity contribution in [1.29, 1.82) is 0 Å². The monoisotopic (exact) mass is 409 g/mol. The van der Waals surface area contributed by atoms with Gasteiger partial charge in [-0.15, -0.1) is 0 Å². The maximum absolute atomic E-state index is 6.21. The van der Waals surface area contributed by atoms with Gasteiger partial charge in [0.15, 0.2) is 0 Å². The van der Waals surface area contributed by atoms with Gasteiger partial charge in [-0.05, 0) is 25.1 Å². The topological polar surface area (TPSA) is 28.2 Å². The molecule has 5 heteroatoms. The molecule has 5 nitrogen and oxygen atoms in total. The van der Waals surface area contributed by atoms with Crippen molar-refractivity contribution < 1.29 is 9.47 Å². The molecule has 0 N–H and O–H groups in total. The van der Waals surface area contributed by atoms with Crippen LogP contribution in [0.4, 0.5) is 0 Å². The number of hydrogen-bond acceptors (Lipinski definition) is 5. The normalized spacial score (nSPS) is 21.6. The first-order valence-corrected chi connectivity index (χ1v) is 11.3. The van der Waals surface area contributed by atoms with E-state index in [1.54, 1.807) is 0 Å². The molecule has 2 heterocycles. The summed E-state index contributed by atoms with van der Waals surface area (Å²) in [7, 11) is 2.20. The van der Waals surface area contributed by atoms with Crippen molar-refractivity contribution in [2.75, 3.05) is 66.1 Å². The second-order valence-corrected chi connectivity index (χ2v) is 8.46. The van der Waals surface area contributed by atoms with Crippen LogP contribution in [-0.2, 0) is 11.3 Å². The number of morpholine rings is 1. The van der Waals surface area contributed by atoms with Crippen LogP contribution >= 0.6 is 0 Å². The van der Waals surface area contributed by atoms with Crippen molar-refractivity contribution >= 4 is 0 Å². The first-order chi connectivity index (χ1) is 14.8. The van der Waals surface area contributed by atoms with Crippen molar-refractivity contribution in [3.8, 4) is 5.75 Å². The van der Waals surface area contributed by atoms with Crippen LogP contribution in [0.5, 0.6) is 5.75 Å². The molecule has 0 aliphatic carbocycles. The van der Waals surface area contributed by atoms with Gasteiger partial charge >= 0.3 is 0 Å². The summed E-state index contributed by atoms with van der Waals surface area (Å²) in [5.74, 6) is 1.03. The van der Waals surface area contributed by atoms with Crippen LogP contribution in [0.2, 0.25) is 0 Å². The summed E-state index contributed by atoms with van der Waals surface area (Å²) in [6.07, 6.45) is 1.22. The Kier molecular flexibility index (Phi) is 7.76. The highest BCUT2D eigenvalue weighted by Gasteiger charge is 2.22. The van der Waals surface area contributed by atoms with Crippen molar-refractivity contribution in [2.45, 2.75) is 19.1 Å². The molecule has 2 fully saturated rings. The molecule has 2 aliphatic rings. The van der Waals surface area contributed by atoms with Gasteiger partial charge in [-0.3, -0.25) is 4.90 Å². The maximum atomic E-state index is 6.21. The summed E-state index contributed by atoms with van der Waals surface area (Å²) in [6.45, 7) is 10.1. The minimum atomic E-state index is 0.150. The SMILES string of the molecule is CN1CCN(CCCOc2ccccc2CN2CCOC(c3ccccc3)C2)CC1. The van der Waals surface area contributed by atoms with Gasteiger partial charge in [0.05, 0.1) is 19.3 Å². The van der Waals surface area contributed by atoms with Crippen LogP contribution in [0.1, 0.15) is 23.7 Å². The molecule has 0 amide bonds. The molecular weight excluding hydrogens is 374 g/mol. The first-order valence-electron chi connectivity index (χ1n) is 11.3. The average molecular weight is 410 g/mol. The van der Waals surface area contributed by atoms with E-state index in [1.165, 1.54) is 37.3 Å². The third-order valence-corrected chi connectivity index (χ3v) is 6.16. The number of nitrogens with zero attached hydrogens (tertiary/aromatic N) is 3. The lowest BCUT2D eigenvalue weighted by Crippen LogP contribution is -2.44. The first kappa shape index (κ1) is 21.3. The highest BCUT2D eigenvalue weighted by atomic mass is 16.5. The van der Waals surface area contributed by atoms with Gasteiger partial charge in [0.2, 0.25) is 0 Å². The number of piperazine rings is 1. The Bertz CT molecular complexity index is 762. The fourth-order valence-corrected chi connectivity index (χ4v) is 4.27. The van der Waals surface area contributed by atoms with E-state index < -0.39 is 0 Å². The number of benzene rings is 2. The third-order valence-electron chi connectivity index (χ3n) is 6.16. The molecule has 162 valence electrons. The largest absolute Gasteiger partial charge is 0.493 e. The summed E-state index contributed by atoms with van der Waals surface area (Å²) in [5, 5.41) is 0. The summed E-state index contributed by atoms with van der Waals surface area (Å²) in [6, 6.07) is 19.0. The zero-order chi connectivity index (χ0) is 20.6. The van der Waals surface area contributed by atoms with Gasteiger partial charge in [0.1, 0.15) is 5.75 Å². The van der Waals surface area contributed by atoms with Crippen LogP contribution < -0.4 is 4.74 Å². The number of likely N-dealkylation sites (N-methyl/N-ethyl adjacent to an activating group) is 1. The highest BCUT2D eigenvalue weighted by Crippen LogP contribution is 2.26. The van der Waals surface area contributed by atoms with E-state index in [1.807, 2.05) is 0 Å². The molecule has 2 saturated heterocycles. The van der Waals surface area contributed by atoms with Gasteiger partial charge in [0.25, 0.3) is 0 Å². The lowest BCUT2D eigenvalue weighted by molar-refractivity contribution is -0.0331. The molecule has 0 aromatic heterocycles. The molecular formula is C25H35N3O2. The van der Waals surface area contributed by atoms with Gasteiger partial charge < -0.3 is 19.3 Å². The molecule has 2 aromatic rings. The number of para-hydroxylation sites is 1. The average Bonchev–Trinajstić information content (AvgIpc) is 2.80. The van der Waals surface area contributed by atoms with Crippen molar-refractivity contribution in [2.24, 2.45) is 0 Å². The number of hydrogen-bond donors (Lipinski definition) is 0. The van der Waals surface area contributed by atoms with Gasteiger partial charge in [0, 0.05) is 57.9 Å². The highest BCUT2D eigenvalue weighted by molar-refractivity contribution is 5.33. The van der Waals surface area contributed by atoms with Crippen LogP contribution in [0.3, 0.4) is 0 Å². The number of ether oxygens (including phenoxy) is 2. The molecule has 0 saturated carbocycles. The third kappa shape index (κ3) is 6.05. The summed E-state index contributed by atoms with van der Waals surface area (Å²) in [5.41, 5.74) is 2.53. The molecule has 0 radical (unpaired) electrons. The minimum Gasteiger partial charge on any atom is -0.493 e. The Hall–Kier alpha value is -1.92. The Morgan fingerprint density at radius 1 is 0.900 bits per heavy atom. The molecule has 30 heavy (non-hydrogen) atoms. The maximum Gasteiger partial charge on any atom is 0.123 e. The van der Waals surface area contributed by atoms with Crippen molar-refractivity contribution in [1.82, 2.24) is 14.7 Å². The Labute approximate surface area is 181 Å². The molecule has 1 unspecified atom stereocenters. The second kappa shape index (κ2) is 10.9. The van der Waals surface area contributed by atoms with E-state index in [2.05, 4.69) is 76.3 Å². The Morgan fingerprint density at radius 2 is 1.67 bits per heavy atom. The second-order valence-electron chi connectivity index (χ2n) is 8.46. The lowest BCUT2D eigenvalue weighted by Gasteiger charge is -2.33. The quantitative estimate of drug-likeness (QED) is 0.624. The fourth-order valence-electron chi connectivity index (χ4n) is 4.27. The van der Waals surface area contributed by atoms with E-state index in [0.717, 1.165) is 51.6 Å². The standard InChI is InChI=1S/C25H35N3O2/c1-26-13-15-27(16-14-26)12-7-18-29-24-11-6-5-10-23(24)20-28-17-19-30-25(21-28)22-8-3-2-4-9-22/h2-6,8-11,25H,7,12-21H2,1H3. The summed E-state index contributed by atoms with van der Waals surface area (Å²) < 4.78 is 12.2. The zero-order valence-corrected chi connectivity index (χ0v) is 18.2. The van der Waals surface area contributed by atoms with E-state index in [4.69, 9.17) is 9.47 Å². The predicted octanol–water partition coefficient (Wildman–Crippen LogP) is 3.28. The van der Waals surface area contributed by atoms with Crippen LogP contribution in [0.25, 0.3) is 0 Å². The lowest BCUT2D eigenvalue weighted by atomic mass is 10.1. The molecule has 1 atom stereocenters. The van der Waals surface area contributed by atoms with Gasteiger partial charge in [-0.1, -0.05) is 48.5 Å². The van der Waals surface area contributed by atoms with E-state index in [-0.39, 0.29) is 6.10 Å². The van der Waals surface area contributed by atoms with Crippen LogP contribution in [0.15, 0.2) is 54.6 Å². The molecule has 0 bridgehead atoms. The minimum absolute atomic E-state index is 0.150. The predicted molar refractivity (Wildman–Crippen MR) is 121 cm³/mol. The Balaban J connectivity index is 1.26. The van der Waals surface area contributed by atoms with Crippen LogP contribution in [0, 0.1) is 0 Å². The summed E-state index contributed by atoms with van der Waals surface area (Å²) in [4.78, 5) is 7.43. The van der Waals surface area contributed by atoms with Gasteiger partial charge in [-0.2, -0.15) is 0 Å². The molecule has 0 spiro atoms. The molecule has 2 aromatic carbocycles. The fraction of sp³-hybridized carbons (Fsp3) is 0.520. The smallest absolute Gasteiger partial charge is 0.123 e. The molecule has 2 aliphatic heterocycles. The van der Waals surface area contributed by atoms with Crippen molar-refractivity contribution in [3.05, 3.63) is 65.7 Å². The van der Waals surface area contributed by atoms with E-state index in [9.17, 15) is 0 Å². The number of rotatable bonds is 8. The molecule has 4 rings (SSSR count). The zero-order valence-electron chi connectivity index (χ0n) is 18.2. The van der Waals surface area contributed by atoms with E-state index >= 15 is 0 Å². The van der Waals surface area contributed by atoms with Crippen molar-refractivity contribution in [3.63, 3.8) is 0 Å². The Morgan fingerprint density at radius 3 is 2.50 bits per heavy atom. The van der Waals surface area contributed by atoms with E-state index in [0.29, 0.717) is 0 Å².